The van der Waals surface area contributed by atoms with Gasteiger partial charge in [0, 0.05) is 18.8 Å². The lowest BCUT2D eigenvalue weighted by Gasteiger charge is -2.15. The molecule has 1 aromatic carbocycles. The molecule has 4 nitrogen and oxygen atoms in total. The number of hydrogen-bond donors (Lipinski definition) is 1. The van der Waals surface area contributed by atoms with E-state index in [-0.39, 0.29) is 0 Å². The first-order chi connectivity index (χ1) is 9.72. The van der Waals surface area contributed by atoms with Crippen LogP contribution in [0.4, 0.5) is 17.3 Å². The Morgan fingerprint density at radius 3 is 2.40 bits per heavy atom. The third-order valence-corrected chi connectivity index (χ3v) is 3.86. The Morgan fingerprint density at radius 2 is 1.75 bits per heavy atom. The van der Waals surface area contributed by atoms with Gasteiger partial charge in [-0.25, -0.2) is 0 Å². The summed E-state index contributed by atoms with van der Waals surface area (Å²) in [5, 5.41) is 11.9. The minimum absolute atomic E-state index is 0.788. The van der Waals surface area contributed by atoms with Gasteiger partial charge in [-0.2, -0.15) is 0 Å². The molecule has 20 heavy (non-hydrogen) atoms. The van der Waals surface area contributed by atoms with E-state index in [2.05, 4.69) is 52.5 Å². The number of nitrogens with zero attached hydrogens (tertiary/aromatic N) is 3. The van der Waals surface area contributed by atoms with Gasteiger partial charge in [0.15, 0.2) is 11.6 Å². The number of rotatable bonds is 3. The molecule has 2 heterocycles. The van der Waals surface area contributed by atoms with Gasteiger partial charge in [0.2, 0.25) is 0 Å². The molecule has 0 bridgehead atoms. The summed E-state index contributed by atoms with van der Waals surface area (Å²) in [6.07, 6.45) is 2.51. The quantitative estimate of drug-likeness (QED) is 0.926. The van der Waals surface area contributed by atoms with Crippen LogP contribution in [0, 0.1) is 13.8 Å². The minimum atomic E-state index is 0.788. The van der Waals surface area contributed by atoms with Gasteiger partial charge in [-0.1, -0.05) is 6.07 Å². The summed E-state index contributed by atoms with van der Waals surface area (Å²) < 4.78 is 0. The van der Waals surface area contributed by atoms with E-state index in [1.54, 1.807) is 0 Å². The zero-order chi connectivity index (χ0) is 13.9. The van der Waals surface area contributed by atoms with Gasteiger partial charge in [0.05, 0.1) is 0 Å². The first-order valence-electron chi connectivity index (χ1n) is 7.15. The lowest BCUT2D eigenvalue weighted by molar-refractivity contribution is 0.896. The molecule has 0 radical (unpaired) electrons. The van der Waals surface area contributed by atoms with Crippen molar-refractivity contribution in [3.63, 3.8) is 0 Å². The molecule has 0 atom stereocenters. The van der Waals surface area contributed by atoms with Gasteiger partial charge in [0.1, 0.15) is 0 Å². The van der Waals surface area contributed by atoms with Crippen LogP contribution in [0.1, 0.15) is 24.0 Å². The average Bonchev–Trinajstić information content (AvgIpc) is 2.98. The number of hydrogen-bond acceptors (Lipinski definition) is 4. The maximum Gasteiger partial charge on any atom is 0.153 e. The maximum absolute atomic E-state index is 4.31. The van der Waals surface area contributed by atoms with Crippen LogP contribution >= 0.6 is 0 Å². The zero-order valence-corrected chi connectivity index (χ0v) is 12.1. The van der Waals surface area contributed by atoms with E-state index < -0.39 is 0 Å². The highest BCUT2D eigenvalue weighted by atomic mass is 15.3. The van der Waals surface area contributed by atoms with E-state index in [9.17, 15) is 0 Å². The fourth-order valence-electron chi connectivity index (χ4n) is 2.47. The highest BCUT2D eigenvalue weighted by molar-refractivity contribution is 5.58. The molecule has 4 heteroatoms. The maximum atomic E-state index is 4.31. The molecule has 1 fully saturated rings. The van der Waals surface area contributed by atoms with Crippen molar-refractivity contribution >= 4 is 17.3 Å². The van der Waals surface area contributed by atoms with Crippen LogP contribution < -0.4 is 10.2 Å². The van der Waals surface area contributed by atoms with Crippen LogP contribution in [-0.2, 0) is 0 Å². The molecule has 0 spiro atoms. The van der Waals surface area contributed by atoms with E-state index in [4.69, 9.17) is 0 Å². The first-order valence-corrected chi connectivity index (χ1v) is 7.15. The Bertz CT molecular complexity index is 586. The molecule has 2 aromatic rings. The topological polar surface area (TPSA) is 41.0 Å². The highest BCUT2D eigenvalue weighted by Gasteiger charge is 2.13. The highest BCUT2D eigenvalue weighted by Crippen LogP contribution is 2.20. The number of aromatic nitrogens is 2. The van der Waals surface area contributed by atoms with Gasteiger partial charge >= 0.3 is 0 Å². The molecule has 1 aliphatic rings. The van der Waals surface area contributed by atoms with Crippen molar-refractivity contribution in [3.05, 3.63) is 41.5 Å². The molecular weight excluding hydrogens is 248 g/mol. The molecule has 104 valence electrons. The molecule has 1 N–H and O–H groups in total. The average molecular weight is 268 g/mol. The van der Waals surface area contributed by atoms with E-state index in [0.29, 0.717) is 0 Å². The van der Waals surface area contributed by atoms with Gasteiger partial charge in [-0.3, -0.25) is 0 Å². The number of benzene rings is 1. The molecule has 0 aliphatic carbocycles. The molecule has 1 aromatic heterocycles. The molecule has 0 unspecified atom stereocenters. The Labute approximate surface area is 119 Å². The normalized spacial score (nSPS) is 14.6. The minimum Gasteiger partial charge on any atom is -0.355 e. The second-order valence-corrected chi connectivity index (χ2v) is 5.39. The molecule has 0 saturated carbocycles. The van der Waals surface area contributed by atoms with Crippen molar-refractivity contribution in [1.82, 2.24) is 10.2 Å². The summed E-state index contributed by atoms with van der Waals surface area (Å²) in [6, 6.07) is 10.4. The SMILES string of the molecule is Cc1ccc(Nc2ccc(N3CCCC3)nn2)cc1C. The predicted molar refractivity (Wildman–Crippen MR) is 82.7 cm³/mol. The lowest BCUT2D eigenvalue weighted by atomic mass is 10.1. The van der Waals surface area contributed by atoms with E-state index in [1.165, 1.54) is 24.0 Å². The van der Waals surface area contributed by atoms with Gasteiger partial charge in [0.25, 0.3) is 0 Å². The first kappa shape index (κ1) is 12.9. The number of nitrogens with one attached hydrogen (secondary N) is 1. The monoisotopic (exact) mass is 268 g/mol. The molecule has 3 rings (SSSR count). The van der Waals surface area contributed by atoms with Crippen molar-refractivity contribution in [3.8, 4) is 0 Å². The third-order valence-electron chi connectivity index (χ3n) is 3.86. The summed E-state index contributed by atoms with van der Waals surface area (Å²) in [6.45, 7) is 6.42. The smallest absolute Gasteiger partial charge is 0.153 e. The Balaban J connectivity index is 1.72. The van der Waals surface area contributed by atoms with Crippen LogP contribution in [0.3, 0.4) is 0 Å². The third kappa shape index (κ3) is 2.74. The van der Waals surface area contributed by atoms with Crippen molar-refractivity contribution in [2.75, 3.05) is 23.3 Å². The molecule has 1 aliphatic heterocycles. The second-order valence-electron chi connectivity index (χ2n) is 5.39. The van der Waals surface area contributed by atoms with Crippen LogP contribution in [0.15, 0.2) is 30.3 Å². The van der Waals surface area contributed by atoms with Crippen molar-refractivity contribution < 1.29 is 0 Å². The number of aryl methyl sites for hydroxylation is 2. The van der Waals surface area contributed by atoms with E-state index in [0.717, 1.165) is 30.4 Å². The summed E-state index contributed by atoms with van der Waals surface area (Å²) in [7, 11) is 0. The molecule has 0 amide bonds. The zero-order valence-electron chi connectivity index (χ0n) is 12.1. The Hall–Kier alpha value is -2.10. The largest absolute Gasteiger partial charge is 0.355 e. The summed E-state index contributed by atoms with van der Waals surface area (Å²) >= 11 is 0. The fraction of sp³-hybridized carbons (Fsp3) is 0.375. The van der Waals surface area contributed by atoms with Gasteiger partial charge in [-0.15, -0.1) is 10.2 Å². The van der Waals surface area contributed by atoms with E-state index >= 15 is 0 Å². The summed E-state index contributed by atoms with van der Waals surface area (Å²) in [5.41, 5.74) is 3.62. The van der Waals surface area contributed by atoms with Gasteiger partial charge in [-0.05, 0) is 62.1 Å². The Kier molecular flexibility index (Phi) is 3.54. The summed E-state index contributed by atoms with van der Waals surface area (Å²) in [5.74, 6) is 1.77. The second kappa shape index (κ2) is 5.49. The van der Waals surface area contributed by atoms with Crippen molar-refractivity contribution in [1.29, 1.82) is 0 Å². The van der Waals surface area contributed by atoms with E-state index in [1.807, 2.05) is 12.1 Å². The van der Waals surface area contributed by atoms with Crippen molar-refractivity contribution in [2.45, 2.75) is 26.7 Å². The van der Waals surface area contributed by atoms with Crippen LogP contribution in [0.25, 0.3) is 0 Å². The van der Waals surface area contributed by atoms with Crippen molar-refractivity contribution in [2.24, 2.45) is 0 Å². The number of anilines is 3. The van der Waals surface area contributed by atoms with Crippen LogP contribution in [-0.4, -0.2) is 23.3 Å². The van der Waals surface area contributed by atoms with Gasteiger partial charge < -0.3 is 10.2 Å². The molecular formula is C16H20N4. The summed E-state index contributed by atoms with van der Waals surface area (Å²) in [4.78, 5) is 2.28. The Morgan fingerprint density at radius 1 is 0.950 bits per heavy atom. The lowest BCUT2D eigenvalue weighted by Crippen LogP contribution is -2.19. The fourth-order valence-corrected chi connectivity index (χ4v) is 2.47. The predicted octanol–water partition coefficient (Wildman–Crippen LogP) is 3.44. The molecule has 1 saturated heterocycles. The van der Waals surface area contributed by atoms with Crippen LogP contribution in [0.5, 0.6) is 0 Å². The standard InChI is InChI=1S/C16H20N4/c1-12-5-6-14(11-13(12)2)17-15-7-8-16(19-18-15)20-9-3-4-10-20/h5-8,11H,3-4,9-10H2,1-2H3,(H,17,18). The van der Waals surface area contributed by atoms with Crippen LogP contribution in [0.2, 0.25) is 0 Å².